The summed E-state index contributed by atoms with van der Waals surface area (Å²) in [5.41, 5.74) is 0. The van der Waals surface area contributed by atoms with E-state index in [1.165, 1.54) is 0 Å². The van der Waals surface area contributed by atoms with Crippen LogP contribution in [0.5, 0.6) is 0 Å². The van der Waals surface area contributed by atoms with Gasteiger partial charge in [-0.3, -0.25) is 9.59 Å². The van der Waals surface area contributed by atoms with Gasteiger partial charge in [-0.2, -0.15) is 0 Å². The number of hydrogen-bond donors (Lipinski definition) is 3. The van der Waals surface area contributed by atoms with Crippen molar-refractivity contribution in [2.24, 2.45) is 0 Å². The zero-order valence-corrected chi connectivity index (χ0v) is 10.3. The van der Waals surface area contributed by atoms with E-state index in [9.17, 15) is 9.59 Å². The van der Waals surface area contributed by atoms with Crippen LogP contribution >= 0.6 is 0 Å². The molecule has 0 fully saturated rings. The second-order valence-corrected chi connectivity index (χ2v) is 3.67. The molecule has 0 radical (unpaired) electrons. The number of amides is 1. The van der Waals surface area contributed by atoms with E-state index in [0.717, 1.165) is 19.4 Å². The molecule has 0 atom stereocenters. The summed E-state index contributed by atoms with van der Waals surface area (Å²) < 4.78 is 5.33. The van der Waals surface area contributed by atoms with E-state index in [-0.39, 0.29) is 18.7 Å². The summed E-state index contributed by atoms with van der Waals surface area (Å²) in [5, 5.41) is 14.0. The van der Waals surface area contributed by atoms with Gasteiger partial charge in [0.25, 0.3) is 0 Å². The van der Waals surface area contributed by atoms with Crippen molar-refractivity contribution < 1.29 is 19.4 Å². The summed E-state index contributed by atoms with van der Waals surface area (Å²) in [6.07, 6.45) is 1.64. The molecule has 100 valence electrons. The number of ether oxygens (including phenoxy) is 1. The highest BCUT2D eigenvalue weighted by molar-refractivity contribution is 5.80. The van der Waals surface area contributed by atoms with Crippen molar-refractivity contribution in [1.29, 1.82) is 0 Å². The first-order valence-electron chi connectivity index (χ1n) is 5.87. The highest BCUT2D eigenvalue weighted by Gasteiger charge is 2.03. The van der Waals surface area contributed by atoms with Crippen LogP contribution in [0.1, 0.15) is 25.7 Å². The molecular formula is C11H22N2O4. The fourth-order valence-corrected chi connectivity index (χ4v) is 1.16. The Morgan fingerprint density at radius 3 is 2.35 bits per heavy atom. The molecule has 17 heavy (non-hydrogen) atoms. The van der Waals surface area contributed by atoms with Crippen molar-refractivity contribution in [2.75, 3.05) is 33.4 Å². The molecular weight excluding hydrogens is 224 g/mol. The Morgan fingerprint density at radius 2 is 1.76 bits per heavy atom. The third-order valence-corrected chi connectivity index (χ3v) is 2.07. The van der Waals surface area contributed by atoms with Crippen molar-refractivity contribution in [3.05, 3.63) is 0 Å². The van der Waals surface area contributed by atoms with E-state index in [1.807, 2.05) is 7.05 Å². The van der Waals surface area contributed by atoms with E-state index < -0.39 is 5.97 Å². The Kier molecular flexibility index (Phi) is 10.6. The Hall–Kier alpha value is -1.14. The quantitative estimate of drug-likeness (QED) is 0.446. The first-order chi connectivity index (χ1) is 8.16. The lowest BCUT2D eigenvalue weighted by Gasteiger charge is -2.05. The minimum Gasteiger partial charge on any atom is -0.481 e. The average Bonchev–Trinajstić information content (AvgIpc) is 2.30. The number of carbonyl (C=O) groups is 2. The summed E-state index contributed by atoms with van der Waals surface area (Å²) >= 11 is 0. The van der Waals surface area contributed by atoms with Crippen molar-refractivity contribution in [3.8, 4) is 0 Å². The molecule has 0 spiro atoms. The monoisotopic (exact) mass is 246 g/mol. The first kappa shape index (κ1) is 15.9. The number of carbonyl (C=O) groups excluding carboxylic acids is 1. The molecule has 0 aromatic rings. The largest absolute Gasteiger partial charge is 0.481 e. The van der Waals surface area contributed by atoms with Gasteiger partial charge in [0.1, 0.15) is 0 Å². The fourth-order valence-electron chi connectivity index (χ4n) is 1.16. The molecule has 0 heterocycles. The van der Waals surface area contributed by atoms with Crippen molar-refractivity contribution in [2.45, 2.75) is 25.7 Å². The lowest BCUT2D eigenvalue weighted by Crippen LogP contribution is -2.25. The molecule has 0 bridgehead atoms. The summed E-state index contributed by atoms with van der Waals surface area (Å²) in [6.45, 7) is 2.80. The summed E-state index contributed by atoms with van der Waals surface area (Å²) in [5.74, 6) is -1.17. The van der Waals surface area contributed by atoms with Gasteiger partial charge in [0.2, 0.25) is 5.91 Å². The lowest BCUT2D eigenvalue weighted by molar-refractivity contribution is -0.138. The number of rotatable bonds is 11. The molecule has 6 heteroatoms. The predicted octanol–water partition coefficient (Wildman–Crippen LogP) is -0.0164. The van der Waals surface area contributed by atoms with Gasteiger partial charge >= 0.3 is 5.97 Å². The van der Waals surface area contributed by atoms with Crippen LogP contribution in [0, 0.1) is 0 Å². The second kappa shape index (κ2) is 11.3. The Morgan fingerprint density at radius 1 is 1.12 bits per heavy atom. The molecule has 1 amide bonds. The van der Waals surface area contributed by atoms with Crippen molar-refractivity contribution in [1.82, 2.24) is 10.6 Å². The normalized spacial score (nSPS) is 10.2. The highest BCUT2D eigenvalue weighted by Crippen LogP contribution is 1.89. The Bertz CT molecular complexity index is 222. The van der Waals surface area contributed by atoms with E-state index in [1.54, 1.807) is 0 Å². The van der Waals surface area contributed by atoms with Gasteiger partial charge in [-0.05, 0) is 26.4 Å². The zero-order valence-electron chi connectivity index (χ0n) is 10.3. The fraction of sp³-hybridized carbons (Fsp3) is 0.818. The minimum atomic E-state index is -0.951. The topological polar surface area (TPSA) is 87.7 Å². The average molecular weight is 246 g/mol. The first-order valence-corrected chi connectivity index (χ1v) is 5.87. The Balaban J connectivity index is 3.16. The van der Waals surface area contributed by atoms with Crippen LogP contribution < -0.4 is 10.6 Å². The van der Waals surface area contributed by atoms with Crippen LogP contribution in [0.15, 0.2) is 0 Å². The molecule has 0 aliphatic rings. The van der Waals surface area contributed by atoms with E-state index in [0.29, 0.717) is 19.8 Å². The smallest absolute Gasteiger partial charge is 0.303 e. The third-order valence-electron chi connectivity index (χ3n) is 2.07. The molecule has 0 aromatic heterocycles. The second-order valence-electron chi connectivity index (χ2n) is 3.67. The van der Waals surface area contributed by atoms with E-state index in [2.05, 4.69) is 10.6 Å². The number of hydrogen-bond acceptors (Lipinski definition) is 4. The molecule has 0 aliphatic heterocycles. The number of aliphatic carboxylic acids is 1. The maximum Gasteiger partial charge on any atom is 0.303 e. The van der Waals surface area contributed by atoms with Gasteiger partial charge in [0.05, 0.1) is 6.42 Å². The van der Waals surface area contributed by atoms with E-state index in [4.69, 9.17) is 9.84 Å². The predicted molar refractivity (Wildman–Crippen MR) is 63.9 cm³/mol. The van der Waals surface area contributed by atoms with Gasteiger partial charge in [-0.15, -0.1) is 0 Å². The maximum absolute atomic E-state index is 11.1. The van der Waals surface area contributed by atoms with Crippen LogP contribution in [0.4, 0.5) is 0 Å². The number of carboxylic acid groups (broad SMARTS) is 1. The van der Waals surface area contributed by atoms with Crippen LogP contribution in [0.25, 0.3) is 0 Å². The van der Waals surface area contributed by atoms with Crippen LogP contribution in [-0.2, 0) is 14.3 Å². The van der Waals surface area contributed by atoms with Crippen molar-refractivity contribution >= 4 is 11.9 Å². The van der Waals surface area contributed by atoms with Crippen LogP contribution in [-0.4, -0.2) is 50.3 Å². The molecule has 0 aromatic carbocycles. The summed E-state index contributed by atoms with van der Waals surface area (Å²) in [6, 6.07) is 0. The number of nitrogens with one attached hydrogen (secondary N) is 2. The molecule has 0 saturated carbocycles. The molecule has 0 aliphatic carbocycles. The standard InChI is InChI=1S/C11H22N2O4/c1-12-6-2-8-17-9-3-7-13-10(14)4-5-11(15)16/h12H,2-9H2,1H3,(H,13,14)(H,15,16). The summed E-state index contributed by atoms with van der Waals surface area (Å²) in [4.78, 5) is 21.3. The SMILES string of the molecule is CNCCCOCCCNC(=O)CCC(=O)O. The molecule has 3 N–H and O–H groups in total. The van der Waals surface area contributed by atoms with Crippen LogP contribution in [0.3, 0.4) is 0 Å². The minimum absolute atomic E-state index is 0.0400. The third kappa shape index (κ3) is 12.8. The molecule has 0 unspecified atom stereocenters. The van der Waals surface area contributed by atoms with Gasteiger partial charge in [-0.25, -0.2) is 0 Å². The van der Waals surface area contributed by atoms with Gasteiger partial charge in [0, 0.05) is 26.2 Å². The lowest BCUT2D eigenvalue weighted by atomic mass is 10.3. The van der Waals surface area contributed by atoms with Gasteiger partial charge < -0.3 is 20.5 Å². The molecule has 0 rings (SSSR count). The van der Waals surface area contributed by atoms with Gasteiger partial charge in [0.15, 0.2) is 0 Å². The van der Waals surface area contributed by atoms with Crippen LogP contribution in [0.2, 0.25) is 0 Å². The molecule has 6 nitrogen and oxygen atoms in total. The zero-order chi connectivity index (χ0) is 12.9. The van der Waals surface area contributed by atoms with Gasteiger partial charge in [-0.1, -0.05) is 0 Å². The van der Waals surface area contributed by atoms with E-state index >= 15 is 0 Å². The summed E-state index contributed by atoms with van der Waals surface area (Å²) in [7, 11) is 1.90. The molecule has 0 saturated heterocycles. The Labute approximate surface area is 102 Å². The van der Waals surface area contributed by atoms with Crippen molar-refractivity contribution in [3.63, 3.8) is 0 Å². The maximum atomic E-state index is 11.1. The number of carboxylic acids is 1. The highest BCUT2D eigenvalue weighted by atomic mass is 16.5.